The van der Waals surface area contributed by atoms with Crippen molar-refractivity contribution in [2.24, 2.45) is 0 Å². The number of nitrogens with two attached hydrogens (primary N) is 1. The average molecular weight is 888 g/mol. The van der Waals surface area contributed by atoms with Gasteiger partial charge in [0, 0.05) is 87.3 Å². The fourth-order valence-electron chi connectivity index (χ4n) is 10.6. The number of carbonyl (C=O) groups is 3. The molecule has 5 aliphatic rings. The lowest BCUT2D eigenvalue weighted by molar-refractivity contribution is -0.120. The molecule has 0 radical (unpaired) electrons. The number of carbonyl (C=O) groups excluding carboxylic acids is 3. The third-order valence-electron chi connectivity index (χ3n) is 14.5. The van der Waals surface area contributed by atoms with E-state index in [0.29, 0.717) is 67.4 Å². The number of alkyl halides is 1. The third kappa shape index (κ3) is 8.26. The summed E-state index contributed by atoms with van der Waals surface area (Å²) in [5, 5.41) is 22.0. The number of amides is 4. The Balaban J connectivity index is 0.748. The zero-order valence-electron chi connectivity index (χ0n) is 36.6. The number of imide groups is 1. The summed E-state index contributed by atoms with van der Waals surface area (Å²) in [6.07, 6.45) is 7.15. The van der Waals surface area contributed by atoms with Crippen molar-refractivity contribution in [3.05, 3.63) is 94.9 Å². The van der Waals surface area contributed by atoms with Crippen LogP contribution in [0.2, 0.25) is 0 Å². The first-order chi connectivity index (χ1) is 31.4. The summed E-state index contributed by atoms with van der Waals surface area (Å²) in [7, 11) is 0. The first-order valence-corrected chi connectivity index (χ1v) is 23.0. The summed E-state index contributed by atoms with van der Waals surface area (Å²) in [5.41, 5.74) is 10.9. The van der Waals surface area contributed by atoms with E-state index in [9.17, 15) is 19.5 Å². The molecule has 4 amide bonds. The predicted molar refractivity (Wildman–Crippen MR) is 243 cm³/mol. The molecule has 5 fully saturated rings. The van der Waals surface area contributed by atoms with Crippen LogP contribution in [0.5, 0.6) is 5.75 Å². The van der Waals surface area contributed by atoms with Crippen LogP contribution in [0.4, 0.5) is 30.8 Å². The van der Waals surface area contributed by atoms with Gasteiger partial charge in [-0.15, -0.1) is 10.2 Å². The number of nitrogens with one attached hydrogen (secondary N) is 1. The van der Waals surface area contributed by atoms with E-state index in [2.05, 4.69) is 36.1 Å². The Labute approximate surface area is 376 Å². The number of anilines is 3. The van der Waals surface area contributed by atoms with E-state index in [-0.39, 0.29) is 72.9 Å². The largest absolute Gasteiger partial charge is 0.507 e. The minimum Gasteiger partial charge on any atom is -0.507 e. The van der Waals surface area contributed by atoms with Crippen molar-refractivity contribution < 1.29 is 33.0 Å². The van der Waals surface area contributed by atoms with Crippen molar-refractivity contribution in [2.45, 2.75) is 82.0 Å². The molecule has 16 heteroatoms. The Morgan fingerprint density at radius 1 is 0.938 bits per heavy atom. The number of aromatic hydroxyl groups is 1. The molecule has 14 nitrogen and oxygen atoms in total. The number of morpholine rings is 1. The van der Waals surface area contributed by atoms with Gasteiger partial charge in [0.05, 0.1) is 29.2 Å². The molecule has 1 atom stereocenters. The van der Waals surface area contributed by atoms with Gasteiger partial charge in [-0.25, -0.2) is 13.6 Å². The number of benzene rings is 3. The van der Waals surface area contributed by atoms with Gasteiger partial charge in [-0.3, -0.25) is 19.8 Å². The van der Waals surface area contributed by atoms with Gasteiger partial charge < -0.3 is 34.8 Å². The summed E-state index contributed by atoms with van der Waals surface area (Å²) in [6.45, 7) is 6.08. The molecule has 340 valence electrons. The van der Waals surface area contributed by atoms with Crippen LogP contribution in [0.3, 0.4) is 0 Å². The molecule has 10 rings (SSSR count). The van der Waals surface area contributed by atoms with Crippen molar-refractivity contribution in [3.63, 3.8) is 0 Å². The SMILES string of the molecule is Cc1cc(C(=O)N2CCC(F)(CN3CCC(c4cn(C5CCC5)c5c(F)c(N6CCC(=O)NC6=O)ccc45)CC3)CC2)ccc1[C@@H]1CN(c2cc(-c3ccccc3O)nnc2N)CCO1. The number of likely N-dealkylation sites (tertiary alicyclic amines) is 2. The summed E-state index contributed by atoms with van der Waals surface area (Å²) in [4.78, 5) is 45.6. The van der Waals surface area contributed by atoms with E-state index in [4.69, 9.17) is 10.5 Å². The molecule has 1 saturated carbocycles. The van der Waals surface area contributed by atoms with Gasteiger partial charge in [-0.05, 0) is 111 Å². The van der Waals surface area contributed by atoms with Crippen LogP contribution < -0.4 is 20.9 Å². The van der Waals surface area contributed by atoms with Gasteiger partial charge in [0.2, 0.25) is 5.91 Å². The summed E-state index contributed by atoms with van der Waals surface area (Å²) < 4.78 is 41.3. The highest BCUT2D eigenvalue weighted by atomic mass is 19.1. The number of nitrogens with zero attached hydrogens (tertiary/aromatic N) is 7. The van der Waals surface area contributed by atoms with Crippen molar-refractivity contribution in [1.82, 2.24) is 29.9 Å². The van der Waals surface area contributed by atoms with Crippen molar-refractivity contribution in [2.75, 3.05) is 74.5 Å². The Bertz CT molecular complexity index is 2650. The number of nitrogen functional groups attached to an aromatic ring is 1. The maximum atomic E-state index is 16.6. The molecular formula is C49H55F2N9O5. The van der Waals surface area contributed by atoms with E-state index in [1.165, 1.54) is 4.90 Å². The smallest absolute Gasteiger partial charge is 0.328 e. The van der Waals surface area contributed by atoms with E-state index in [1.54, 1.807) is 29.2 Å². The Kier molecular flexibility index (Phi) is 11.4. The molecule has 2 aromatic heterocycles. The van der Waals surface area contributed by atoms with Crippen molar-refractivity contribution in [1.29, 1.82) is 0 Å². The molecule has 4 aliphatic heterocycles. The van der Waals surface area contributed by atoms with E-state index in [0.717, 1.165) is 67.3 Å². The highest BCUT2D eigenvalue weighted by Crippen LogP contribution is 2.44. The number of phenols is 1. The highest BCUT2D eigenvalue weighted by molar-refractivity contribution is 6.06. The van der Waals surface area contributed by atoms with Gasteiger partial charge in [0.1, 0.15) is 17.5 Å². The van der Waals surface area contributed by atoms with Crippen LogP contribution in [0.25, 0.3) is 22.2 Å². The minimum atomic E-state index is -1.41. The van der Waals surface area contributed by atoms with Gasteiger partial charge in [-0.1, -0.05) is 24.3 Å². The molecule has 65 heavy (non-hydrogen) atoms. The van der Waals surface area contributed by atoms with Gasteiger partial charge in [0.15, 0.2) is 11.6 Å². The van der Waals surface area contributed by atoms with Crippen LogP contribution in [0.1, 0.15) is 96.5 Å². The molecule has 3 aromatic carbocycles. The van der Waals surface area contributed by atoms with Crippen LogP contribution in [-0.4, -0.2) is 112 Å². The number of halogens is 2. The fraction of sp³-hybridized carbons (Fsp3) is 0.449. The number of para-hydroxylation sites is 1. The Hall–Kier alpha value is -6.13. The molecule has 0 bridgehead atoms. The van der Waals surface area contributed by atoms with Crippen LogP contribution in [0.15, 0.2) is 66.9 Å². The summed E-state index contributed by atoms with van der Waals surface area (Å²) in [5.74, 6) is -0.328. The van der Waals surface area contributed by atoms with E-state index >= 15 is 8.78 Å². The second kappa shape index (κ2) is 17.3. The van der Waals surface area contributed by atoms with Crippen molar-refractivity contribution in [3.8, 4) is 17.0 Å². The van der Waals surface area contributed by atoms with E-state index < -0.39 is 17.5 Å². The fourth-order valence-corrected chi connectivity index (χ4v) is 10.6. The predicted octanol–water partition coefficient (Wildman–Crippen LogP) is 7.41. The maximum Gasteiger partial charge on any atom is 0.328 e. The average Bonchev–Trinajstić information content (AvgIpc) is 3.66. The third-order valence-corrected chi connectivity index (χ3v) is 14.5. The van der Waals surface area contributed by atoms with Crippen LogP contribution in [0, 0.1) is 12.7 Å². The number of piperidine rings is 2. The molecule has 0 spiro atoms. The van der Waals surface area contributed by atoms with Crippen LogP contribution >= 0.6 is 0 Å². The lowest BCUT2D eigenvalue weighted by Gasteiger charge is -2.41. The molecular weight excluding hydrogens is 833 g/mol. The topological polar surface area (TPSA) is 162 Å². The quantitative estimate of drug-likeness (QED) is 0.136. The molecule has 4 N–H and O–H groups in total. The van der Waals surface area contributed by atoms with E-state index in [1.807, 2.05) is 43.3 Å². The number of aromatic nitrogens is 3. The number of rotatable bonds is 9. The molecule has 0 unspecified atom stereocenters. The molecule has 4 saturated heterocycles. The maximum absolute atomic E-state index is 16.6. The first kappa shape index (κ1) is 42.8. The minimum absolute atomic E-state index is 0.107. The molecule has 5 aromatic rings. The number of aryl methyl sites for hydroxylation is 1. The number of phenolic OH excluding ortho intramolecular Hbond substituents is 1. The number of hydrogen-bond donors (Lipinski definition) is 3. The number of urea groups is 1. The van der Waals surface area contributed by atoms with Gasteiger partial charge in [-0.2, -0.15) is 0 Å². The monoisotopic (exact) mass is 887 g/mol. The lowest BCUT2D eigenvalue weighted by atomic mass is 9.87. The Morgan fingerprint density at radius 3 is 2.45 bits per heavy atom. The molecule has 1 aliphatic carbocycles. The second-order valence-corrected chi connectivity index (χ2v) is 18.5. The zero-order chi connectivity index (χ0) is 45.0. The zero-order valence-corrected chi connectivity index (χ0v) is 36.6. The number of hydrogen-bond acceptors (Lipinski definition) is 10. The van der Waals surface area contributed by atoms with Crippen LogP contribution in [-0.2, 0) is 9.53 Å². The Morgan fingerprint density at radius 2 is 1.72 bits per heavy atom. The number of ether oxygens (including phenoxy) is 1. The normalized spacial score (nSPS) is 21.2. The first-order valence-electron chi connectivity index (χ1n) is 23.0. The highest BCUT2D eigenvalue weighted by Gasteiger charge is 2.40. The lowest BCUT2D eigenvalue weighted by Crippen LogP contribution is -2.51. The standard InChI is InChI=1S/C49H55F2N9O5/c1-30-25-32(9-10-34(30)42-28-58(23-24-65-42)40-26-38(54-55-46(40)52)36-7-2-3-8-41(36)61)47(63)57-21-16-49(51,17-22-57)29-56-18-13-31(14-19-56)37-27-60(33-5-4-6-33)45-35(37)11-12-39(44(45)50)59-20-15-43(62)53-48(59)64/h2-3,7-12,25-27,31,33,42,61H,4-6,13-24,28-29H2,1H3,(H2,52,55)(H,53,62,64)/t42-/m0/s1. The second-order valence-electron chi connectivity index (χ2n) is 18.5. The summed E-state index contributed by atoms with van der Waals surface area (Å²) >= 11 is 0. The summed E-state index contributed by atoms with van der Waals surface area (Å²) in [6, 6.07) is 17.7. The molecule has 6 heterocycles. The van der Waals surface area contributed by atoms with Crippen molar-refractivity contribution >= 4 is 45.9 Å². The number of fused-ring (bicyclic) bond motifs is 1. The van der Waals surface area contributed by atoms with Gasteiger partial charge in [0.25, 0.3) is 5.91 Å². The van der Waals surface area contributed by atoms with Gasteiger partial charge >= 0.3 is 6.03 Å².